The van der Waals surface area contributed by atoms with Crippen molar-refractivity contribution in [3.8, 4) is 0 Å². The third kappa shape index (κ3) is 2.92. The number of carbonyl (C=O) groups is 1. The van der Waals surface area contributed by atoms with Gasteiger partial charge in [-0.1, -0.05) is 20.3 Å². The molecule has 0 spiro atoms. The molecule has 1 unspecified atom stereocenters. The van der Waals surface area contributed by atoms with Crippen molar-refractivity contribution in [2.75, 3.05) is 6.54 Å². The highest BCUT2D eigenvalue weighted by Gasteiger charge is 2.36. The Balaban J connectivity index is 2.58. The fourth-order valence-corrected chi connectivity index (χ4v) is 2.48. The second-order valence-corrected chi connectivity index (χ2v) is 4.39. The fraction of sp³-hybridized carbons (Fsp3) is 0.909. The molecular weight excluding hydrogens is 192 g/mol. The van der Waals surface area contributed by atoms with Crippen molar-refractivity contribution >= 4 is 5.91 Å². The predicted molar refractivity (Wildman–Crippen MR) is 59.0 cm³/mol. The summed E-state index contributed by atoms with van der Waals surface area (Å²) in [5, 5.41) is 9.85. The zero-order valence-electron chi connectivity index (χ0n) is 9.65. The van der Waals surface area contributed by atoms with Crippen LogP contribution in [0.4, 0.5) is 0 Å². The summed E-state index contributed by atoms with van der Waals surface area (Å²) in [7, 11) is 0. The lowest BCUT2D eigenvalue weighted by molar-refractivity contribution is -0.126. The molecule has 1 rings (SSSR count). The second kappa shape index (κ2) is 5.47. The summed E-state index contributed by atoms with van der Waals surface area (Å²) < 4.78 is 0. The molecule has 1 fully saturated rings. The Labute approximate surface area is 91.4 Å². The molecule has 1 amide bonds. The molecule has 1 saturated heterocycles. The van der Waals surface area contributed by atoms with E-state index < -0.39 is 6.23 Å². The molecule has 1 aliphatic heterocycles. The van der Waals surface area contributed by atoms with Gasteiger partial charge in [-0.25, -0.2) is 0 Å². The van der Waals surface area contributed by atoms with Crippen molar-refractivity contribution in [2.45, 2.75) is 51.8 Å². The first-order chi connectivity index (χ1) is 7.10. The van der Waals surface area contributed by atoms with Gasteiger partial charge in [0.2, 0.25) is 5.91 Å². The Morgan fingerprint density at radius 1 is 1.60 bits per heavy atom. The molecule has 88 valence electrons. The molecular formula is C11H22N2O2. The van der Waals surface area contributed by atoms with Gasteiger partial charge in [0.05, 0.1) is 6.04 Å². The Hall–Kier alpha value is -0.610. The molecule has 3 N–H and O–H groups in total. The highest BCUT2D eigenvalue weighted by Crippen LogP contribution is 2.27. The van der Waals surface area contributed by atoms with E-state index in [9.17, 15) is 9.90 Å². The summed E-state index contributed by atoms with van der Waals surface area (Å²) in [6.07, 6.45) is 3.20. The lowest BCUT2D eigenvalue weighted by atomic mass is 10.0. The van der Waals surface area contributed by atoms with Crippen LogP contribution in [0.3, 0.4) is 0 Å². The quantitative estimate of drug-likeness (QED) is 0.707. The van der Waals surface area contributed by atoms with Gasteiger partial charge in [-0.2, -0.15) is 0 Å². The Bertz CT molecular complexity index is 221. The van der Waals surface area contributed by atoms with Gasteiger partial charge in [0.1, 0.15) is 6.23 Å². The van der Waals surface area contributed by atoms with E-state index in [0.29, 0.717) is 12.3 Å². The van der Waals surface area contributed by atoms with Crippen molar-refractivity contribution in [1.29, 1.82) is 0 Å². The Morgan fingerprint density at radius 2 is 2.27 bits per heavy atom. The van der Waals surface area contributed by atoms with Gasteiger partial charge in [0.15, 0.2) is 0 Å². The maximum absolute atomic E-state index is 11.2. The van der Waals surface area contributed by atoms with Crippen molar-refractivity contribution in [3.63, 3.8) is 0 Å². The van der Waals surface area contributed by atoms with E-state index >= 15 is 0 Å². The van der Waals surface area contributed by atoms with Crippen molar-refractivity contribution in [3.05, 3.63) is 0 Å². The molecule has 1 heterocycles. The first-order valence-electron chi connectivity index (χ1n) is 5.83. The van der Waals surface area contributed by atoms with Crippen LogP contribution < -0.4 is 5.73 Å². The van der Waals surface area contributed by atoms with Gasteiger partial charge < -0.3 is 10.8 Å². The number of nitrogens with two attached hydrogens (primary N) is 1. The highest BCUT2D eigenvalue weighted by molar-refractivity contribution is 5.79. The van der Waals surface area contributed by atoms with Gasteiger partial charge in [-0.3, -0.25) is 9.69 Å². The van der Waals surface area contributed by atoms with Gasteiger partial charge >= 0.3 is 0 Å². The maximum Gasteiger partial charge on any atom is 0.234 e. The summed E-state index contributed by atoms with van der Waals surface area (Å²) >= 11 is 0. The lowest BCUT2D eigenvalue weighted by Crippen LogP contribution is -2.46. The third-order valence-corrected chi connectivity index (χ3v) is 3.21. The van der Waals surface area contributed by atoms with Gasteiger partial charge in [0.25, 0.3) is 0 Å². The fourth-order valence-electron chi connectivity index (χ4n) is 2.48. The van der Waals surface area contributed by atoms with Crippen LogP contribution in [0.1, 0.15) is 39.5 Å². The minimum Gasteiger partial charge on any atom is -0.378 e. The summed E-state index contributed by atoms with van der Waals surface area (Å²) in [5.41, 5.74) is 5.32. The molecule has 3 atom stereocenters. The molecule has 4 nitrogen and oxygen atoms in total. The van der Waals surface area contributed by atoms with E-state index in [2.05, 4.69) is 6.92 Å². The molecule has 15 heavy (non-hydrogen) atoms. The minimum absolute atomic E-state index is 0.304. The molecule has 0 aromatic heterocycles. The maximum atomic E-state index is 11.2. The first kappa shape index (κ1) is 12.5. The minimum atomic E-state index is -0.487. The molecule has 0 bridgehead atoms. The van der Waals surface area contributed by atoms with Crippen LogP contribution in [-0.4, -0.2) is 34.7 Å². The number of likely N-dealkylation sites (tertiary alicyclic amines) is 1. The van der Waals surface area contributed by atoms with Crippen LogP contribution in [0.25, 0.3) is 0 Å². The Morgan fingerprint density at radius 3 is 2.73 bits per heavy atom. The zero-order chi connectivity index (χ0) is 11.4. The largest absolute Gasteiger partial charge is 0.378 e. The molecule has 0 radical (unpaired) electrons. The molecule has 1 aliphatic rings. The number of hydrogen-bond acceptors (Lipinski definition) is 3. The van der Waals surface area contributed by atoms with Crippen LogP contribution in [0.15, 0.2) is 0 Å². The Kier molecular flexibility index (Phi) is 4.54. The summed E-state index contributed by atoms with van der Waals surface area (Å²) in [5.74, 6) is 0.187. The number of nitrogens with zero attached hydrogens (tertiary/aromatic N) is 1. The van der Waals surface area contributed by atoms with Crippen molar-refractivity contribution in [1.82, 2.24) is 4.90 Å². The van der Waals surface area contributed by atoms with E-state index in [-0.39, 0.29) is 11.9 Å². The average Bonchev–Trinajstić information content (AvgIpc) is 2.49. The monoisotopic (exact) mass is 214 g/mol. The smallest absolute Gasteiger partial charge is 0.234 e. The second-order valence-electron chi connectivity index (χ2n) is 4.39. The van der Waals surface area contributed by atoms with Crippen LogP contribution in [0, 0.1) is 5.92 Å². The summed E-state index contributed by atoms with van der Waals surface area (Å²) in [6.45, 7) is 4.87. The first-order valence-corrected chi connectivity index (χ1v) is 5.83. The average molecular weight is 214 g/mol. The van der Waals surface area contributed by atoms with Gasteiger partial charge in [-0.05, 0) is 25.2 Å². The van der Waals surface area contributed by atoms with Crippen LogP contribution in [0.2, 0.25) is 0 Å². The van der Waals surface area contributed by atoms with E-state index in [1.165, 1.54) is 0 Å². The van der Waals surface area contributed by atoms with Crippen molar-refractivity contribution < 1.29 is 9.90 Å². The predicted octanol–water partition coefficient (Wildman–Crippen LogP) is 0.691. The third-order valence-electron chi connectivity index (χ3n) is 3.21. The normalized spacial score (nSPS) is 29.3. The number of hydrogen-bond donors (Lipinski definition) is 2. The lowest BCUT2D eigenvalue weighted by Gasteiger charge is -2.27. The summed E-state index contributed by atoms with van der Waals surface area (Å²) in [4.78, 5) is 13.0. The van der Waals surface area contributed by atoms with Gasteiger partial charge in [-0.15, -0.1) is 0 Å². The van der Waals surface area contributed by atoms with Gasteiger partial charge in [0, 0.05) is 6.54 Å². The molecule has 0 aromatic rings. The number of amides is 1. The highest BCUT2D eigenvalue weighted by atomic mass is 16.3. The van der Waals surface area contributed by atoms with Crippen LogP contribution in [-0.2, 0) is 4.79 Å². The molecule has 0 aliphatic carbocycles. The number of primary amides is 1. The molecule has 0 saturated carbocycles. The standard InChI is InChI=1S/C11H22N2O2/c1-3-5-8-6-10(14)13(7-8)9(4-2)11(12)15/h8-10,14H,3-7H2,1-2H3,(H2,12,15)/t8-,9+,10?/m1/s1. The van der Waals surface area contributed by atoms with Crippen LogP contribution >= 0.6 is 0 Å². The zero-order valence-corrected chi connectivity index (χ0v) is 9.65. The van der Waals surface area contributed by atoms with E-state index in [4.69, 9.17) is 5.73 Å². The summed E-state index contributed by atoms with van der Waals surface area (Å²) in [6, 6.07) is -0.304. The number of aliphatic hydroxyl groups is 1. The van der Waals surface area contributed by atoms with Crippen molar-refractivity contribution in [2.24, 2.45) is 11.7 Å². The number of carbonyl (C=O) groups excluding carboxylic acids is 1. The number of rotatable bonds is 5. The number of aliphatic hydroxyl groups excluding tert-OH is 1. The van der Waals surface area contributed by atoms with E-state index in [1.54, 1.807) is 0 Å². The van der Waals surface area contributed by atoms with E-state index in [0.717, 1.165) is 25.8 Å². The molecule has 4 heteroatoms. The molecule has 0 aromatic carbocycles. The SMILES string of the molecule is CCC[C@@H]1CC(O)N([C@@H](CC)C(N)=O)C1. The topological polar surface area (TPSA) is 66.6 Å². The van der Waals surface area contributed by atoms with Crippen LogP contribution in [0.5, 0.6) is 0 Å². The van der Waals surface area contributed by atoms with E-state index in [1.807, 2.05) is 11.8 Å².